The Hall–Kier alpha value is -1.56. The molecule has 1 saturated carbocycles. The average molecular weight is 351 g/mol. The number of rotatable bonds is 7. The van der Waals surface area contributed by atoms with E-state index in [0.29, 0.717) is 12.6 Å². The Kier molecular flexibility index (Phi) is 6.87. The third kappa shape index (κ3) is 6.69. The lowest BCUT2D eigenvalue weighted by molar-refractivity contribution is 0.161. The average Bonchev–Trinajstić information content (AvgIpc) is 3.36. The predicted molar refractivity (Wildman–Crippen MR) is 102 cm³/mol. The van der Waals surface area contributed by atoms with Crippen molar-refractivity contribution in [2.24, 2.45) is 10.5 Å². The maximum atomic E-state index is 11.2. The highest BCUT2D eigenvalue weighted by Gasteiger charge is 2.29. The van der Waals surface area contributed by atoms with Gasteiger partial charge in [0.05, 0.1) is 12.8 Å². The van der Waals surface area contributed by atoms with E-state index in [0.717, 1.165) is 43.6 Å². The maximum Gasteiger partial charge on any atom is 0.406 e. The van der Waals surface area contributed by atoms with Gasteiger partial charge in [0.2, 0.25) is 0 Å². The number of carbonyl (C=O) groups excluding carboxylic acids is 1. The number of hydrogen-bond donors (Lipinski definition) is 2. The number of ether oxygens (including phenoxy) is 1. The van der Waals surface area contributed by atoms with E-state index in [9.17, 15) is 4.79 Å². The summed E-state index contributed by atoms with van der Waals surface area (Å²) in [6.45, 7) is 13.4. The summed E-state index contributed by atoms with van der Waals surface area (Å²) in [6, 6.07) is 0.877. The summed E-state index contributed by atoms with van der Waals surface area (Å²) in [5.74, 6) is 0. The van der Waals surface area contributed by atoms with E-state index >= 15 is 0 Å². The molecular formula is C19H34N4O2. The molecule has 6 heteroatoms. The molecule has 1 aliphatic carbocycles. The molecule has 2 N–H and O–H groups in total. The number of carbonyl (C=O) groups is 1. The fourth-order valence-corrected chi connectivity index (χ4v) is 3.18. The lowest BCUT2D eigenvalue weighted by Crippen LogP contribution is -2.41. The summed E-state index contributed by atoms with van der Waals surface area (Å²) >= 11 is 0. The number of alkyl carbamates (subject to hydrolysis) is 1. The standard InChI is InChI=1S/C19H34N4O2/c1-14-9-10-19(3,4)13-23(12-6-11-20-18(24)25-5)22-17(14)15(2)21-16-7-8-16/h15-16,21H,1,6-13H2,2-5H3,(H,20,24)/t15-/m1/s1. The molecule has 1 atom stereocenters. The number of nitrogens with one attached hydrogen (secondary N) is 2. The molecule has 0 bridgehead atoms. The third-order valence-electron chi connectivity index (χ3n) is 4.85. The predicted octanol–water partition coefficient (Wildman–Crippen LogP) is 2.91. The topological polar surface area (TPSA) is 66.0 Å². The van der Waals surface area contributed by atoms with Crippen molar-refractivity contribution in [1.29, 1.82) is 0 Å². The molecule has 2 rings (SSSR count). The highest BCUT2D eigenvalue weighted by Crippen LogP contribution is 2.29. The van der Waals surface area contributed by atoms with Crippen molar-refractivity contribution in [1.82, 2.24) is 15.6 Å². The molecule has 142 valence electrons. The Morgan fingerprint density at radius 2 is 2.20 bits per heavy atom. The van der Waals surface area contributed by atoms with Gasteiger partial charge in [0.1, 0.15) is 0 Å². The first-order valence-corrected chi connectivity index (χ1v) is 9.40. The van der Waals surface area contributed by atoms with Gasteiger partial charge in [-0.25, -0.2) is 4.79 Å². The first kappa shape index (κ1) is 19.8. The zero-order valence-corrected chi connectivity index (χ0v) is 16.2. The Labute approximate surface area is 152 Å². The summed E-state index contributed by atoms with van der Waals surface area (Å²) < 4.78 is 4.61. The monoisotopic (exact) mass is 350 g/mol. The highest BCUT2D eigenvalue weighted by molar-refractivity contribution is 6.03. The number of amides is 1. The largest absolute Gasteiger partial charge is 0.453 e. The van der Waals surface area contributed by atoms with Crippen LogP contribution in [0, 0.1) is 5.41 Å². The van der Waals surface area contributed by atoms with E-state index in [1.165, 1.54) is 20.0 Å². The molecule has 6 nitrogen and oxygen atoms in total. The SMILES string of the molecule is C=C1CCC(C)(C)CN(CCCNC(=O)OC)N=C1[C@@H](C)NC1CC1. The minimum Gasteiger partial charge on any atom is -0.453 e. The number of hydrogen-bond acceptors (Lipinski definition) is 5. The summed E-state index contributed by atoms with van der Waals surface area (Å²) in [5, 5.41) is 13.5. The van der Waals surface area contributed by atoms with Crippen LogP contribution in [-0.2, 0) is 4.74 Å². The molecule has 0 aromatic carbocycles. The van der Waals surface area contributed by atoms with Gasteiger partial charge in [-0.2, -0.15) is 5.10 Å². The van der Waals surface area contributed by atoms with Crippen molar-refractivity contribution in [3.05, 3.63) is 12.2 Å². The molecule has 1 aliphatic heterocycles. The fraction of sp³-hybridized carbons (Fsp3) is 0.789. The Bertz CT molecular complexity index is 512. The minimum atomic E-state index is -0.382. The molecule has 0 aromatic rings. The van der Waals surface area contributed by atoms with Gasteiger partial charge < -0.3 is 15.4 Å². The molecule has 0 aromatic heterocycles. The van der Waals surface area contributed by atoms with Gasteiger partial charge in [-0.15, -0.1) is 0 Å². The molecule has 0 unspecified atom stereocenters. The third-order valence-corrected chi connectivity index (χ3v) is 4.85. The van der Waals surface area contributed by atoms with Crippen molar-refractivity contribution in [3.63, 3.8) is 0 Å². The zero-order chi connectivity index (χ0) is 18.4. The molecule has 1 fully saturated rings. The lowest BCUT2D eigenvalue weighted by Gasteiger charge is -2.35. The molecule has 0 spiro atoms. The van der Waals surface area contributed by atoms with Crippen LogP contribution in [0.2, 0.25) is 0 Å². The second-order valence-electron chi connectivity index (χ2n) is 8.08. The second-order valence-corrected chi connectivity index (χ2v) is 8.08. The van der Waals surface area contributed by atoms with Crippen LogP contribution in [0.4, 0.5) is 4.79 Å². The van der Waals surface area contributed by atoms with Gasteiger partial charge in [-0.05, 0) is 50.0 Å². The van der Waals surface area contributed by atoms with Crippen LogP contribution in [0.5, 0.6) is 0 Å². The van der Waals surface area contributed by atoms with Crippen LogP contribution in [0.3, 0.4) is 0 Å². The summed E-state index contributed by atoms with van der Waals surface area (Å²) in [6.07, 6.45) is 5.09. The first-order chi connectivity index (χ1) is 11.8. The van der Waals surface area contributed by atoms with Crippen molar-refractivity contribution in [2.75, 3.05) is 26.7 Å². The lowest BCUT2D eigenvalue weighted by atomic mass is 9.84. The van der Waals surface area contributed by atoms with Crippen molar-refractivity contribution in [2.45, 2.75) is 65.0 Å². The number of nitrogens with zero attached hydrogens (tertiary/aromatic N) is 2. The molecule has 2 aliphatic rings. The first-order valence-electron chi connectivity index (χ1n) is 9.40. The molecule has 0 radical (unpaired) electrons. The van der Waals surface area contributed by atoms with Gasteiger partial charge in [0.15, 0.2) is 0 Å². The van der Waals surface area contributed by atoms with Crippen LogP contribution in [-0.4, -0.2) is 55.6 Å². The summed E-state index contributed by atoms with van der Waals surface area (Å²) in [7, 11) is 1.38. The van der Waals surface area contributed by atoms with Gasteiger partial charge in [-0.1, -0.05) is 20.4 Å². The summed E-state index contributed by atoms with van der Waals surface area (Å²) in [4.78, 5) is 11.2. The van der Waals surface area contributed by atoms with Crippen LogP contribution >= 0.6 is 0 Å². The number of hydrazone groups is 1. The smallest absolute Gasteiger partial charge is 0.406 e. The van der Waals surface area contributed by atoms with Crippen LogP contribution in [0.15, 0.2) is 17.3 Å². The molecule has 0 saturated heterocycles. The van der Waals surface area contributed by atoms with Crippen LogP contribution < -0.4 is 10.6 Å². The molecular weight excluding hydrogens is 316 g/mol. The van der Waals surface area contributed by atoms with Crippen molar-refractivity contribution in [3.8, 4) is 0 Å². The van der Waals surface area contributed by atoms with Gasteiger partial charge >= 0.3 is 6.09 Å². The van der Waals surface area contributed by atoms with E-state index in [2.05, 4.69) is 47.7 Å². The summed E-state index contributed by atoms with van der Waals surface area (Å²) in [5.41, 5.74) is 2.43. The van der Waals surface area contributed by atoms with E-state index in [-0.39, 0.29) is 17.6 Å². The minimum absolute atomic E-state index is 0.195. The van der Waals surface area contributed by atoms with E-state index < -0.39 is 0 Å². The number of methoxy groups -OCH3 is 1. The van der Waals surface area contributed by atoms with Crippen molar-refractivity contribution < 1.29 is 9.53 Å². The van der Waals surface area contributed by atoms with Crippen LogP contribution in [0.1, 0.15) is 52.9 Å². The fourth-order valence-electron chi connectivity index (χ4n) is 3.18. The molecule has 25 heavy (non-hydrogen) atoms. The second kappa shape index (κ2) is 8.70. The van der Waals surface area contributed by atoms with E-state index in [1.54, 1.807) is 0 Å². The van der Waals surface area contributed by atoms with Crippen LogP contribution in [0.25, 0.3) is 0 Å². The Morgan fingerprint density at radius 1 is 1.48 bits per heavy atom. The van der Waals surface area contributed by atoms with Crippen molar-refractivity contribution >= 4 is 11.8 Å². The Morgan fingerprint density at radius 3 is 2.84 bits per heavy atom. The zero-order valence-electron chi connectivity index (χ0n) is 16.2. The van der Waals surface area contributed by atoms with Gasteiger partial charge in [0.25, 0.3) is 0 Å². The van der Waals surface area contributed by atoms with E-state index in [1.807, 2.05) is 0 Å². The molecule has 1 heterocycles. The maximum absolute atomic E-state index is 11.2. The molecule has 1 amide bonds. The quantitative estimate of drug-likeness (QED) is 0.693. The highest BCUT2D eigenvalue weighted by atomic mass is 16.5. The van der Waals surface area contributed by atoms with Gasteiger partial charge in [-0.3, -0.25) is 5.01 Å². The normalized spacial score (nSPS) is 21.8. The Balaban J connectivity index is 2.01. The van der Waals surface area contributed by atoms with Gasteiger partial charge in [0, 0.05) is 31.7 Å². The van der Waals surface area contributed by atoms with E-state index in [4.69, 9.17) is 5.10 Å².